The summed E-state index contributed by atoms with van der Waals surface area (Å²) in [7, 11) is 0. The maximum Gasteiger partial charge on any atom is 0.272 e. The highest BCUT2D eigenvalue weighted by Gasteiger charge is 2.12. The molecule has 0 saturated heterocycles. The zero-order valence-corrected chi connectivity index (χ0v) is 11.7. The summed E-state index contributed by atoms with van der Waals surface area (Å²) in [5.74, 6) is 0. The normalized spacial score (nSPS) is 10.1. The Hall–Kier alpha value is -2.71. The van der Waals surface area contributed by atoms with Gasteiger partial charge in [-0.25, -0.2) is 0 Å². The van der Waals surface area contributed by atoms with Crippen LogP contribution in [0.5, 0.6) is 0 Å². The highest BCUT2D eigenvalue weighted by molar-refractivity contribution is 5.44. The third kappa shape index (κ3) is 3.65. The fourth-order valence-corrected chi connectivity index (χ4v) is 2.10. The molecule has 0 heterocycles. The van der Waals surface area contributed by atoms with Gasteiger partial charge in [0.25, 0.3) is 5.69 Å². The van der Waals surface area contributed by atoms with Crippen molar-refractivity contribution in [2.75, 3.05) is 0 Å². The van der Waals surface area contributed by atoms with Gasteiger partial charge in [-0.15, -0.1) is 0 Å². The topological polar surface area (TPSA) is 79.0 Å². The van der Waals surface area contributed by atoms with Gasteiger partial charge in [0.2, 0.25) is 0 Å². The lowest BCUT2D eigenvalue weighted by atomic mass is 10.1. The summed E-state index contributed by atoms with van der Waals surface area (Å²) in [6.45, 7) is 2.97. The van der Waals surface area contributed by atoms with Gasteiger partial charge in [-0.2, -0.15) is 5.26 Å². The van der Waals surface area contributed by atoms with E-state index in [9.17, 15) is 10.1 Å². The number of nitrogens with zero attached hydrogens (tertiary/aromatic N) is 2. The van der Waals surface area contributed by atoms with Crippen LogP contribution in [0.2, 0.25) is 0 Å². The number of nitrogens with one attached hydrogen (secondary N) is 1. The Morgan fingerprint density at radius 3 is 2.52 bits per heavy atom. The summed E-state index contributed by atoms with van der Waals surface area (Å²) in [6, 6.07) is 14.5. The first-order valence-corrected chi connectivity index (χ1v) is 6.54. The third-order valence-electron chi connectivity index (χ3n) is 3.34. The summed E-state index contributed by atoms with van der Waals surface area (Å²) >= 11 is 0. The maximum atomic E-state index is 10.9. The number of hydrogen-bond acceptors (Lipinski definition) is 4. The Morgan fingerprint density at radius 1 is 1.19 bits per heavy atom. The van der Waals surface area contributed by atoms with E-state index in [-0.39, 0.29) is 10.6 Å². The Bertz CT molecular complexity index is 688. The molecular formula is C16H15N3O2. The van der Waals surface area contributed by atoms with E-state index in [2.05, 4.69) is 11.4 Å². The van der Waals surface area contributed by atoms with Gasteiger partial charge in [0.15, 0.2) is 0 Å². The van der Waals surface area contributed by atoms with E-state index in [0.717, 1.165) is 11.1 Å². The largest absolute Gasteiger partial charge is 0.309 e. The van der Waals surface area contributed by atoms with Gasteiger partial charge in [-0.3, -0.25) is 10.1 Å². The second kappa shape index (κ2) is 6.64. The van der Waals surface area contributed by atoms with Crippen LogP contribution in [0, 0.1) is 28.4 Å². The first-order chi connectivity index (χ1) is 10.1. The Labute approximate surface area is 123 Å². The molecule has 106 valence electrons. The zero-order valence-electron chi connectivity index (χ0n) is 11.7. The monoisotopic (exact) mass is 281 g/mol. The van der Waals surface area contributed by atoms with Crippen molar-refractivity contribution in [2.24, 2.45) is 0 Å². The number of benzene rings is 2. The van der Waals surface area contributed by atoms with Crippen molar-refractivity contribution in [3.8, 4) is 6.07 Å². The first-order valence-electron chi connectivity index (χ1n) is 6.54. The lowest BCUT2D eigenvalue weighted by Gasteiger charge is -2.08. The minimum atomic E-state index is -0.362. The highest BCUT2D eigenvalue weighted by Crippen LogP contribution is 2.20. The summed E-state index contributed by atoms with van der Waals surface area (Å²) in [5, 5.41) is 22.9. The summed E-state index contributed by atoms with van der Waals surface area (Å²) in [6.07, 6.45) is 0. The Balaban J connectivity index is 1.99. The zero-order chi connectivity index (χ0) is 15.2. The van der Waals surface area contributed by atoms with Crippen LogP contribution >= 0.6 is 0 Å². The molecule has 2 aromatic carbocycles. The van der Waals surface area contributed by atoms with Gasteiger partial charge >= 0.3 is 0 Å². The molecule has 0 aliphatic rings. The minimum Gasteiger partial charge on any atom is -0.309 e. The van der Waals surface area contributed by atoms with E-state index >= 15 is 0 Å². The van der Waals surface area contributed by atoms with Crippen LogP contribution in [0.1, 0.15) is 22.3 Å². The highest BCUT2D eigenvalue weighted by atomic mass is 16.6. The van der Waals surface area contributed by atoms with Crippen molar-refractivity contribution in [1.82, 2.24) is 5.32 Å². The molecule has 0 bridgehead atoms. The average Bonchev–Trinajstić information content (AvgIpc) is 2.49. The number of nitro benzene ring substituents is 1. The molecule has 21 heavy (non-hydrogen) atoms. The van der Waals surface area contributed by atoms with Crippen LogP contribution in [0.15, 0.2) is 42.5 Å². The van der Waals surface area contributed by atoms with Crippen molar-refractivity contribution < 1.29 is 4.92 Å². The number of rotatable bonds is 5. The average molecular weight is 281 g/mol. The molecule has 0 aliphatic carbocycles. The van der Waals surface area contributed by atoms with Crippen molar-refractivity contribution in [3.63, 3.8) is 0 Å². The van der Waals surface area contributed by atoms with Crippen molar-refractivity contribution in [3.05, 3.63) is 74.8 Å². The smallest absolute Gasteiger partial charge is 0.272 e. The maximum absolute atomic E-state index is 10.9. The molecule has 0 atom stereocenters. The molecular weight excluding hydrogens is 266 g/mol. The SMILES string of the molecule is Cc1c(CNCc2ccc(C#N)cc2)cccc1[N+](=O)[O-]. The second-order valence-electron chi connectivity index (χ2n) is 4.73. The van der Waals surface area contributed by atoms with Crippen LogP contribution in [0.3, 0.4) is 0 Å². The first kappa shape index (κ1) is 14.7. The number of nitriles is 1. The summed E-state index contributed by atoms with van der Waals surface area (Å²) < 4.78 is 0. The molecule has 5 nitrogen and oxygen atoms in total. The lowest BCUT2D eigenvalue weighted by molar-refractivity contribution is -0.385. The molecule has 2 aromatic rings. The third-order valence-corrected chi connectivity index (χ3v) is 3.34. The quantitative estimate of drug-likeness (QED) is 0.674. The molecule has 0 spiro atoms. The van der Waals surface area contributed by atoms with Crippen LogP contribution in [0.4, 0.5) is 5.69 Å². The van der Waals surface area contributed by atoms with Gasteiger partial charge in [-0.1, -0.05) is 24.3 Å². The molecule has 0 radical (unpaired) electrons. The van der Waals surface area contributed by atoms with Crippen LogP contribution in [0.25, 0.3) is 0 Å². The minimum absolute atomic E-state index is 0.146. The lowest BCUT2D eigenvalue weighted by Crippen LogP contribution is -2.13. The summed E-state index contributed by atoms with van der Waals surface area (Å²) in [4.78, 5) is 10.5. The molecule has 2 rings (SSSR count). The van der Waals surface area contributed by atoms with Gasteiger partial charge in [0.1, 0.15) is 0 Å². The Kier molecular flexibility index (Phi) is 4.64. The fourth-order valence-electron chi connectivity index (χ4n) is 2.10. The van der Waals surface area contributed by atoms with E-state index in [1.807, 2.05) is 18.2 Å². The van der Waals surface area contributed by atoms with E-state index in [0.29, 0.717) is 24.2 Å². The molecule has 0 aliphatic heterocycles. The number of hydrogen-bond donors (Lipinski definition) is 1. The van der Waals surface area contributed by atoms with Gasteiger partial charge < -0.3 is 5.32 Å². The Morgan fingerprint density at radius 2 is 1.90 bits per heavy atom. The van der Waals surface area contributed by atoms with Crippen molar-refractivity contribution >= 4 is 5.69 Å². The van der Waals surface area contributed by atoms with Crippen molar-refractivity contribution in [1.29, 1.82) is 5.26 Å². The molecule has 0 amide bonds. The van der Waals surface area contributed by atoms with Gasteiger partial charge in [0, 0.05) is 24.7 Å². The summed E-state index contributed by atoms with van der Waals surface area (Å²) in [5.41, 5.74) is 3.45. The van der Waals surface area contributed by atoms with E-state index in [1.165, 1.54) is 6.07 Å². The molecule has 1 N–H and O–H groups in total. The molecule has 0 saturated carbocycles. The van der Waals surface area contributed by atoms with E-state index in [1.54, 1.807) is 25.1 Å². The van der Waals surface area contributed by atoms with Crippen LogP contribution < -0.4 is 5.32 Å². The molecule has 0 unspecified atom stereocenters. The fraction of sp³-hybridized carbons (Fsp3) is 0.188. The van der Waals surface area contributed by atoms with Gasteiger partial charge in [-0.05, 0) is 30.2 Å². The molecule has 0 aromatic heterocycles. The van der Waals surface area contributed by atoms with Crippen LogP contribution in [-0.2, 0) is 13.1 Å². The van der Waals surface area contributed by atoms with E-state index < -0.39 is 0 Å². The standard InChI is InChI=1S/C16H15N3O2/c1-12-15(3-2-4-16(12)19(20)21)11-18-10-14-7-5-13(9-17)6-8-14/h2-8,18H,10-11H2,1H3. The predicted molar refractivity (Wildman–Crippen MR) is 79.5 cm³/mol. The van der Waals surface area contributed by atoms with Crippen LogP contribution in [-0.4, -0.2) is 4.92 Å². The number of nitro groups is 1. The van der Waals surface area contributed by atoms with E-state index in [4.69, 9.17) is 5.26 Å². The van der Waals surface area contributed by atoms with Crippen molar-refractivity contribution in [2.45, 2.75) is 20.0 Å². The predicted octanol–water partition coefficient (Wildman–Crippen LogP) is 3.06. The molecule has 0 fully saturated rings. The van der Waals surface area contributed by atoms with Gasteiger partial charge in [0.05, 0.1) is 16.6 Å². The molecule has 5 heteroatoms. The second-order valence-corrected chi connectivity index (χ2v) is 4.73.